The SMILES string of the molecule is O=C(O)C1CC(O)CN1C(=O)N(CCO)CC(F)F. The Balaban J connectivity index is 2.79. The zero-order valence-electron chi connectivity index (χ0n) is 10.1. The van der Waals surface area contributed by atoms with Crippen molar-refractivity contribution in [2.75, 3.05) is 26.2 Å². The maximum atomic E-state index is 12.3. The lowest BCUT2D eigenvalue weighted by molar-refractivity contribution is -0.141. The number of urea groups is 1. The van der Waals surface area contributed by atoms with Gasteiger partial charge in [-0.25, -0.2) is 18.4 Å². The van der Waals surface area contributed by atoms with Crippen LogP contribution in [0.4, 0.5) is 13.6 Å². The fraction of sp³-hybridized carbons (Fsp3) is 0.800. The molecule has 1 aliphatic rings. The average molecular weight is 282 g/mol. The van der Waals surface area contributed by atoms with Crippen molar-refractivity contribution in [1.82, 2.24) is 9.80 Å². The molecule has 19 heavy (non-hydrogen) atoms. The highest BCUT2D eigenvalue weighted by Gasteiger charge is 2.40. The summed E-state index contributed by atoms with van der Waals surface area (Å²) in [6.45, 7) is -1.94. The predicted molar refractivity (Wildman–Crippen MR) is 58.8 cm³/mol. The molecule has 2 atom stereocenters. The van der Waals surface area contributed by atoms with Crippen LogP contribution in [0, 0.1) is 0 Å². The summed E-state index contributed by atoms with van der Waals surface area (Å²) in [4.78, 5) is 24.4. The van der Waals surface area contributed by atoms with E-state index >= 15 is 0 Å². The van der Waals surface area contributed by atoms with Crippen molar-refractivity contribution < 1.29 is 33.7 Å². The number of carbonyl (C=O) groups excluding carboxylic acids is 1. The number of carbonyl (C=O) groups is 2. The van der Waals surface area contributed by atoms with Gasteiger partial charge in [-0.2, -0.15) is 0 Å². The van der Waals surface area contributed by atoms with Gasteiger partial charge < -0.3 is 25.1 Å². The van der Waals surface area contributed by atoms with E-state index in [9.17, 15) is 23.5 Å². The van der Waals surface area contributed by atoms with Gasteiger partial charge in [-0.1, -0.05) is 0 Å². The number of aliphatic hydroxyl groups excluding tert-OH is 2. The van der Waals surface area contributed by atoms with Crippen molar-refractivity contribution in [3.8, 4) is 0 Å². The Morgan fingerprint density at radius 2 is 2.05 bits per heavy atom. The van der Waals surface area contributed by atoms with Gasteiger partial charge >= 0.3 is 12.0 Å². The molecular formula is C10H16F2N2O5. The minimum Gasteiger partial charge on any atom is -0.480 e. The maximum Gasteiger partial charge on any atom is 0.326 e. The van der Waals surface area contributed by atoms with Crippen molar-refractivity contribution in [1.29, 1.82) is 0 Å². The minimum atomic E-state index is -2.79. The van der Waals surface area contributed by atoms with Crippen LogP contribution in [0.2, 0.25) is 0 Å². The predicted octanol–water partition coefficient (Wildman–Crippen LogP) is -0.814. The fourth-order valence-corrected chi connectivity index (χ4v) is 1.99. The van der Waals surface area contributed by atoms with Gasteiger partial charge in [-0.15, -0.1) is 0 Å². The third kappa shape index (κ3) is 4.00. The molecule has 0 saturated carbocycles. The van der Waals surface area contributed by atoms with E-state index in [1.165, 1.54) is 0 Å². The lowest BCUT2D eigenvalue weighted by atomic mass is 10.2. The van der Waals surface area contributed by atoms with E-state index in [-0.39, 0.29) is 19.5 Å². The second kappa shape index (κ2) is 6.62. The number of carboxylic acids is 1. The number of aliphatic hydroxyl groups is 2. The van der Waals surface area contributed by atoms with Crippen LogP contribution in [0.15, 0.2) is 0 Å². The first-order valence-corrected chi connectivity index (χ1v) is 5.72. The van der Waals surface area contributed by atoms with Crippen LogP contribution in [-0.4, -0.2) is 81.9 Å². The fourth-order valence-electron chi connectivity index (χ4n) is 1.99. The highest BCUT2D eigenvalue weighted by atomic mass is 19.3. The number of β-amino-alcohol motifs (C(OH)–C–C–N with tert-alkyl or cyclic N) is 1. The Morgan fingerprint density at radius 3 is 2.53 bits per heavy atom. The molecule has 110 valence electrons. The Kier molecular flexibility index (Phi) is 5.43. The Bertz CT molecular complexity index is 342. The lowest BCUT2D eigenvalue weighted by Crippen LogP contribution is -2.50. The second-order valence-corrected chi connectivity index (χ2v) is 4.24. The number of rotatable bonds is 5. The molecule has 1 heterocycles. The summed E-state index contributed by atoms with van der Waals surface area (Å²) in [7, 11) is 0. The summed E-state index contributed by atoms with van der Waals surface area (Å²) in [6, 6.07) is -2.15. The molecule has 3 N–H and O–H groups in total. The highest BCUT2D eigenvalue weighted by Crippen LogP contribution is 2.20. The van der Waals surface area contributed by atoms with Crippen molar-refractivity contribution in [2.45, 2.75) is 25.0 Å². The topological polar surface area (TPSA) is 101 Å². The molecule has 0 bridgehead atoms. The van der Waals surface area contributed by atoms with E-state index in [4.69, 9.17) is 10.2 Å². The number of amides is 2. The Hall–Kier alpha value is -1.48. The first-order valence-electron chi connectivity index (χ1n) is 5.72. The molecule has 0 spiro atoms. The summed E-state index contributed by atoms with van der Waals surface area (Å²) >= 11 is 0. The monoisotopic (exact) mass is 282 g/mol. The molecule has 0 radical (unpaired) electrons. The summed E-state index contributed by atoms with van der Waals surface area (Å²) in [5, 5.41) is 27.1. The van der Waals surface area contributed by atoms with Gasteiger partial charge in [0.1, 0.15) is 6.04 Å². The van der Waals surface area contributed by atoms with Crippen molar-refractivity contribution in [3.63, 3.8) is 0 Å². The third-order valence-electron chi connectivity index (χ3n) is 2.81. The van der Waals surface area contributed by atoms with Crippen molar-refractivity contribution >= 4 is 12.0 Å². The van der Waals surface area contributed by atoms with Gasteiger partial charge in [0.25, 0.3) is 6.43 Å². The summed E-state index contributed by atoms with van der Waals surface area (Å²) in [6.07, 6.45) is -3.92. The van der Waals surface area contributed by atoms with Gasteiger partial charge in [-0.05, 0) is 0 Å². The van der Waals surface area contributed by atoms with Crippen LogP contribution in [0.1, 0.15) is 6.42 Å². The van der Waals surface area contributed by atoms with Crippen LogP contribution in [0.3, 0.4) is 0 Å². The van der Waals surface area contributed by atoms with E-state index in [2.05, 4.69) is 0 Å². The van der Waals surface area contributed by atoms with Gasteiger partial charge in [0, 0.05) is 19.5 Å². The number of likely N-dealkylation sites (tertiary alicyclic amines) is 1. The second-order valence-electron chi connectivity index (χ2n) is 4.24. The molecule has 1 rings (SSSR count). The molecule has 2 amide bonds. The number of nitrogens with zero attached hydrogens (tertiary/aromatic N) is 2. The quantitative estimate of drug-likeness (QED) is 0.612. The highest BCUT2D eigenvalue weighted by molar-refractivity contribution is 5.83. The summed E-state index contributed by atoms with van der Waals surface area (Å²) < 4.78 is 24.7. The smallest absolute Gasteiger partial charge is 0.326 e. The molecule has 0 aromatic heterocycles. The van der Waals surface area contributed by atoms with Crippen LogP contribution >= 0.6 is 0 Å². The molecule has 1 fully saturated rings. The summed E-state index contributed by atoms with van der Waals surface area (Å²) in [5.74, 6) is -1.30. The maximum absolute atomic E-state index is 12.3. The average Bonchev–Trinajstić information content (AvgIpc) is 2.69. The van der Waals surface area contributed by atoms with Crippen LogP contribution in [-0.2, 0) is 4.79 Å². The third-order valence-corrected chi connectivity index (χ3v) is 2.81. The largest absolute Gasteiger partial charge is 0.480 e. The van der Waals surface area contributed by atoms with E-state index in [1.54, 1.807) is 0 Å². The number of aliphatic carboxylic acids is 1. The zero-order chi connectivity index (χ0) is 14.6. The first-order chi connectivity index (χ1) is 8.86. The van der Waals surface area contributed by atoms with Gasteiger partial charge in [-0.3, -0.25) is 0 Å². The van der Waals surface area contributed by atoms with Crippen LogP contribution in [0.5, 0.6) is 0 Å². The van der Waals surface area contributed by atoms with E-state index in [0.717, 1.165) is 4.90 Å². The van der Waals surface area contributed by atoms with Crippen LogP contribution < -0.4 is 0 Å². The molecule has 0 aromatic carbocycles. The molecule has 0 aromatic rings. The standard InChI is InChI=1S/C10H16F2N2O5/c11-8(12)5-13(1-2-15)10(19)14-4-6(16)3-7(14)9(17)18/h6-8,15-16H,1-5H2,(H,17,18). The van der Waals surface area contributed by atoms with Gasteiger partial charge in [0.05, 0.1) is 19.3 Å². The normalized spacial score (nSPS) is 22.9. The van der Waals surface area contributed by atoms with E-state index in [1.807, 2.05) is 0 Å². The molecule has 2 unspecified atom stereocenters. The molecule has 1 saturated heterocycles. The number of alkyl halides is 2. The van der Waals surface area contributed by atoms with E-state index < -0.39 is 43.7 Å². The zero-order valence-corrected chi connectivity index (χ0v) is 10.1. The van der Waals surface area contributed by atoms with Crippen molar-refractivity contribution in [3.05, 3.63) is 0 Å². The number of halogens is 2. The minimum absolute atomic E-state index is 0.136. The number of hydrogen-bond acceptors (Lipinski definition) is 4. The molecular weight excluding hydrogens is 266 g/mol. The first kappa shape index (κ1) is 15.6. The molecule has 0 aliphatic carbocycles. The van der Waals surface area contributed by atoms with E-state index in [0.29, 0.717) is 4.90 Å². The van der Waals surface area contributed by atoms with Crippen molar-refractivity contribution in [2.24, 2.45) is 0 Å². The summed E-state index contributed by atoms with van der Waals surface area (Å²) in [5.41, 5.74) is 0. The molecule has 1 aliphatic heterocycles. The van der Waals surface area contributed by atoms with Gasteiger partial charge in [0.2, 0.25) is 0 Å². The molecule has 7 nitrogen and oxygen atoms in total. The number of carboxylic acid groups (broad SMARTS) is 1. The van der Waals surface area contributed by atoms with Gasteiger partial charge in [0.15, 0.2) is 0 Å². The molecule has 9 heteroatoms. The number of hydrogen-bond donors (Lipinski definition) is 3. The lowest BCUT2D eigenvalue weighted by Gasteiger charge is -2.29. The van der Waals surface area contributed by atoms with Crippen LogP contribution in [0.25, 0.3) is 0 Å². The Labute approximate surface area is 108 Å². The Morgan fingerprint density at radius 1 is 1.42 bits per heavy atom.